The molecule has 0 aliphatic heterocycles. The fraction of sp³-hybridized carbons (Fsp3) is 0.357. The average Bonchev–Trinajstić information content (AvgIpc) is 3.29. The molecular weight excluding hydrogens is 277 g/mol. The predicted molar refractivity (Wildman–Crippen MR) is 75.8 cm³/mol. The Morgan fingerprint density at radius 1 is 1.52 bits per heavy atom. The van der Waals surface area contributed by atoms with E-state index in [1.807, 2.05) is 0 Å². The summed E-state index contributed by atoms with van der Waals surface area (Å²) in [6.45, 7) is 0.173. The van der Waals surface area contributed by atoms with Crippen LogP contribution in [0.2, 0.25) is 0 Å². The molecule has 0 spiro atoms. The first-order valence-electron chi connectivity index (χ1n) is 6.72. The Hall–Kier alpha value is -2.28. The molecule has 0 saturated heterocycles. The second-order valence-corrected chi connectivity index (χ2v) is 5.03. The molecule has 1 aromatic carbocycles. The Labute approximate surface area is 120 Å². The first kappa shape index (κ1) is 13.7. The number of anilines is 1. The van der Waals surface area contributed by atoms with Crippen LogP contribution in [0.1, 0.15) is 12.8 Å². The largest absolute Gasteiger partial charge is 0.395 e. The quantitative estimate of drug-likeness (QED) is 0.675. The molecular formula is C14H14FN3O3. The van der Waals surface area contributed by atoms with Crippen molar-refractivity contribution >= 4 is 22.3 Å². The van der Waals surface area contributed by atoms with E-state index in [4.69, 9.17) is 0 Å². The maximum absolute atomic E-state index is 14.4. The van der Waals surface area contributed by atoms with Crippen LogP contribution in [0.3, 0.4) is 0 Å². The first-order chi connectivity index (χ1) is 10.1. The summed E-state index contributed by atoms with van der Waals surface area (Å²) in [5.41, 5.74) is 0.219. The highest BCUT2D eigenvalue weighted by Gasteiger charge is 2.33. The van der Waals surface area contributed by atoms with Gasteiger partial charge in [-0.1, -0.05) is 0 Å². The molecule has 0 atom stereocenters. The first-order valence-corrected chi connectivity index (χ1v) is 6.72. The van der Waals surface area contributed by atoms with Gasteiger partial charge in [-0.15, -0.1) is 0 Å². The van der Waals surface area contributed by atoms with Gasteiger partial charge in [0, 0.05) is 18.8 Å². The van der Waals surface area contributed by atoms with Crippen LogP contribution in [0, 0.1) is 15.9 Å². The zero-order chi connectivity index (χ0) is 15.0. The second kappa shape index (κ2) is 5.25. The van der Waals surface area contributed by atoms with E-state index in [1.54, 1.807) is 17.0 Å². The van der Waals surface area contributed by atoms with Gasteiger partial charge in [-0.25, -0.2) is 4.39 Å². The number of benzene rings is 1. The van der Waals surface area contributed by atoms with Crippen LogP contribution in [0.4, 0.5) is 15.8 Å². The Balaban J connectivity index is 2.24. The summed E-state index contributed by atoms with van der Waals surface area (Å²) >= 11 is 0. The van der Waals surface area contributed by atoms with Gasteiger partial charge < -0.3 is 10.0 Å². The Morgan fingerprint density at radius 3 is 2.90 bits per heavy atom. The van der Waals surface area contributed by atoms with Crippen molar-refractivity contribution in [3.63, 3.8) is 0 Å². The second-order valence-electron chi connectivity index (χ2n) is 5.03. The number of nitrogens with zero attached hydrogens (tertiary/aromatic N) is 3. The summed E-state index contributed by atoms with van der Waals surface area (Å²) in [4.78, 5) is 16.4. The molecule has 6 nitrogen and oxygen atoms in total. The summed E-state index contributed by atoms with van der Waals surface area (Å²) < 4.78 is 14.4. The van der Waals surface area contributed by atoms with E-state index in [9.17, 15) is 19.6 Å². The monoisotopic (exact) mass is 291 g/mol. The molecule has 3 rings (SSSR count). The fourth-order valence-corrected chi connectivity index (χ4v) is 2.58. The number of non-ortho nitro benzene ring substituents is 1. The van der Waals surface area contributed by atoms with Gasteiger partial charge in [0.25, 0.3) is 5.69 Å². The van der Waals surface area contributed by atoms with Crippen LogP contribution in [-0.2, 0) is 0 Å². The number of pyridine rings is 1. The molecule has 0 amide bonds. The summed E-state index contributed by atoms with van der Waals surface area (Å²) in [5.74, 6) is -0.673. The van der Waals surface area contributed by atoms with E-state index >= 15 is 0 Å². The zero-order valence-corrected chi connectivity index (χ0v) is 11.2. The number of aromatic nitrogens is 1. The Bertz CT molecular complexity index is 703. The Morgan fingerprint density at radius 2 is 2.29 bits per heavy atom. The lowest BCUT2D eigenvalue weighted by molar-refractivity contribution is -0.383. The summed E-state index contributed by atoms with van der Waals surface area (Å²) in [5, 5.41) is 20.6. The molecule has 0 unspecified atom stereocenters. The molecule has 0 radical (unpaired) electrons. The van der Waals surface area contributed by atoms with Crippen molar-refractivity contribution in [3.05, 3.63) is 40.3 Å². The Kier molecular flexibility index (Phi) is 3.42. The van der Waals surface area contributed by atoms with E-state index in [0.29, 0.717) is 5.39 Å². The molecule has 21 heavy (non-hydrogen) atoms. The van der Waals surface area contributed by atoms with Crippen LogP contribution in [0.15, 0.2) is 24.4 Å². The third-order valence-corrected chi connectivity index (χ3v) is 3.61. The van der Waals surface area contributed by atoms with Gasteiger partial charge in [-0.05, 0) is 25.0 Å². The van der Waals surface area contributed by atoms with Gasteiger partial charge in [-0.2, -0.15) is 0 Å². The molecule has 1 fully saturated rings. The maximum Gasteiger partial charge on any atom is 0.281 e. The minimum absolute atomic E-state index is 0.110. The molecule has 2 aromatic rings. The number of aliphatic hydroxyl groups excluding tert-OH is 1. The van der Waals surface area contributed by atoms with E-state index in [2.05, 4.69) is 4.98 Å². The number of rotatable bonds is 5. The number of halogens is 1. The average molecular weight is 291 g/mol. The SMILES string of the molecule is O=[N+]([O-])c1cc(F)c(N(CCO)C2CC2)c2ncccc12. The highest BCUT2D eigenvalue weighted by molar-refractivity contribution is 5.97. The van der Waals surface area contributed by atoms with Gasteiger partial charge in [0.1, 0.15) is 11.2 Å². The van der Waals surface area contributed by atoms with E-state index in [-0.39, 0.29) is 36.1 Å². The molecule has 1 saturated carbocycles. The number of nitro benzene ring substituents is 1. The van der Waals surface area contributed by atoms with Gasteiger partial charge >= 0.3 is 0 Å². The normalized spacial score (nSPS) is 14.4. The standard InChI is InChI=1S/C14H14FN3O3/c15-11-8-12(18(20)21)10-2-1-5-16-13(10)14(11)17(6-7-19)9-3-4-9/h1-2,5,8-9,19H,3-4,6-7H2. The number of fused-ring (bicyclic) bond motifs is 1. The molecule has 7 heteroatoms. The zero-order valence-electron chi connectivity index (χ0n) is 11.2. The van der Waals surface area contributed by atoms with Crippen molar-refractivity contribution < 1.29 is 14.4 Å². The molecule has 1 aromatic heterocycles. The van der Waals surface area contributed by atoms with Crippen molar-refractivity contribution in [2.24, 2.45) is 0 Å². The van der Waals surface area contributed by atoms with Crippen LogP contribution < -0.4 is 4.90 Å². The van der Waals surface area contributed by atoms with E-state index < -0.39 is 10.7 Å². The minimum Gasteiger partial charge on any atom is -0.395 e. The molecule has 1 aliphatic rings. The summed E-state index contributed by atoms with van der Waals surface area (Å²) in [6, 6.07) is 4.25. The summed E-state index contributed by atoms with van der Waals surface area (Å²) in [6.07, 6.45) is 3.33. The lowest BCUT2D eigenvalue weighted by atomic mass is 10.1. The third-order valence-electron chi connectivity index (χ3n) is 3.61. The van der Waals surface area contributed by atoms with Crippen molar-refractivity contribution in [1.29, 1.82) is 0 Å². The number of hydrogen-bond donors (Lipinski definition) is 1. The van der Waals surface area contributed by atoms with Gasteiger partial charge in [0.15, 0.2) is 5.82 Å². The van der Waals surface area contributed by atoms with Crippen molar-refractivity contribution in [1.82, 2.24) is 4.98 Å². The number of aliphatic hydroxyl groups is 1. The van der Waals surface area contributed by atoms with E-state index in [0.717, 1.165) is 18.9 Å². The van der Waals surface area contributed by atoms with Gasteiger partial charge in [0.2, 0.25) is 0 Å². The van der Waals surface area contributed by atoms with E-state index in [1.165, 1.54) is 6.20 Å². The minimum atomic E-state index is -0.673. The smallest absolute Gasteiger partial charge is 0.281 e. The van der Waals surface area contributed by atoms with Gasteiger partial charge in [0.05, 0.1) is 23.0 Å². The van der Waals surface area contributed by atoms with Crippen LogP contribution in [-0.4, -0.2) is 34.2 Å². The van der Waals surface area contributed by atoms with Crippen molar-refractivity contribution in [2.75, 3.05) is 18.1 Å². The third kappa shape index (κ3) is 2.40. The molecule has 0 bridgehead atoms. The number of hydrogen-bond acceptors (Lipinski definition) is 5. The number of nitro groups is 1. The molecule has 1 heterocycles. The summed E-state index contributed by atoms with van der Waals surface area (Å²) in [7, 11) is 0. The fourth-order valence-electron chi connectivity index (χ4n) is 2.58. The topological polar surface area (TPSA) is 79.5 Å². The lowest BCUT2D eigenvalue weighted by Crippen LogP contribution is -2.30. The maximum atomic E-state index is 14.4. The van der Waals surface area contributed by atoms with Crippen molar-refractivity contribution in [2.45, 2.75) is 18.9 Å². The molecule has 1 N–H and O–H groups in total. The molecule has 1 aliphatic carbocycles. The van der Waals surface area contributed by atoms with Crippen molar-refractivity contribution in [3.8, 4) is 0 Å². The van der Waals surface area contributed by atoms with Gasteiger partial charge in [-0.3, -0.25) is 15.1 Å². The van der Waals surface area contributed by atoms with Crippen LogP contribution in [0.25, 0.3) is 10.9 Å². The van der Waals surface area contributed by atoms with Crippen LogP contribution >= 0.6 is 0 Å². The predicted octanol–water partition coefficient (Wildman–Crippen LogP) is 2.24. The van der Waals surface area contributed by atoms with Crippen LogP contribution in [0.5, 0.6) is 0 Å². The highest BCUT2D eigenvalue weighted by Crippen LogP contribution is 2.39. The lowest BCUT2D eigenvalue weighted by Gasteiger charge is -2.25. The highest BCUT2D eigenvalue weighted by atomic mass is 19.1. The molecule has 110 valence electrons.